The summed E-state index contributed by atoms with van der Waals surface area (Å²) in [5, 5.41) is 8.46. The zero-order valence-electron chi connectivity index (χ0n) is 8.72. The molecule has 0 spiro atoms. The number of benzene rings is 1. The van der Waals surface area contributed by atoms with Crippen LogP contribution in [0.5, 0.6) is 0 Å². The van der Waals surface area contributed by atoms with Gasteiger partial charge in [0, 0.05) is 36.7 Å². The topological polar surface area (TPSA) is 12.9 Å². The van der Waals surface area contributed by atoms with Gasteiger partial charge in [-0.1, -0.05) is 41.3 Å². The van der Waals surface area contributed by atoms with Crippen molar-refractivity contribution < 1.29 is 20.1 Å². The third kappa shape index (κ3) is 2.55. The Morgan fingerprint density at radius 2 is 1.94 bits per heavy atom. The number of rotatable bonds is 2. The quantitative estimate of drug-likeness (QED) is 0.547. The van der Waals surface area contributed by atoms with Crippen molar-refractivity contribution in [3.63, 3.8) is 0 Å². The van der Waals surface area contributed by atoms with Crippen molar-refractivity contribution in [2.75, 3.05) is 0 Å². The molecule has 1 aromatic carbocycles. The van der Waals surface area contributed by atoms with Crippen LogP contribution in [0.2, 0.25) is 0 Å². The standard InChI is InChI=1S/C13H8NS2.Ir/c1-2-4-10(5-3-1)11-8-15-9-12(11)13-14-6-7-16-13;/h1-8H;/q-1;. The van der Waals surface area contributed by atoms with E-state index < -0.39 is 0 Å². The van der Waals surface area contributed by atoms with Crippen LogP contribution in [0.15, 0.2) is 47.3 Å². The van der Waals surface area contributed by atoms with Crippen LogP contribution >= 0.6 is 22.7 Å². The Balaban J connectivity index is 0.00000108. The minimum Gasteiger partial charge on any atom is -0.293 e. The maximum absolute atomic E-state index is 4.34. The second-order valence-corrected chi connectivity index (χ2v) is 4.90. The van der Waals surface area contributed by atoms with E-state index in [1.54, 1.807) is 22.7 Å². The molecule has 0 amide bonds. The van der Waals surface area contributed by atoms with Crippen LogP contribution in [-0.2, 0) is 20.1 Å². The second-order valence-electron chi connectivity index (χ2n) is 3.33. The predicted molar refractivity (Wildman–Crippen MR) is 69.7 cm³/mol. The van der Waals surface area contributed by atoms with Gasteiger partial charge in [0.05, 0.1) is 0 Å². The number of hydrogen-bond donors (Lipinski definition) is 0. The van der Waals surface area contributed by atoms with Gasteiger partial charge in [-0.25, -0.2) is 0 Å². The van der Waals surface area contributed by atoms with Crippen LogP contribution in [-0.4, -0.2) is 4.98 Å². The maximum Gasteiger partial charge on any atom is 0.0407 e. The summed E-state index contributed by atoms with van der Waals surface area (Å²) < 4.78 is 0. The van der Waals surface area contributed by atoms with Gasteiger partial charge in [-0.3, -0.25) is 16.3 Å². The van der Waals surface area contributed by atoms with Crippen LogP contribution < -0.4 is 0 Å². The van der Waals surface area contributed by atoms with Gasteiger partial charge in [-0.05, 0) is 0 Å². The van der Waals surface area contributed by atoms with Crippen LogP contribution in [0.4, 0.5) is 0 Å². The van der Waals surface area contributed by atoms with Crippen LogP contribution in [0.1, 0.15) is 0 Å². The molecular weight excluding hydrogens is 427 g/mol. The molecule has 0 aliphatic heterocycles. The van der Waals surface area contributed by atoms with Gasteiger partial charge in [-0.15, -0.1) is 16.5 Å². The van der Waals surface area contributed by atoms with Crippen LogP contribution in [0, 0.1) is 5.38 Å². The Hall–Kier alpha value is -0.801. The molecule has 1 radical (unpaired) electrons. The first-order valence-electron chi connectivity index (χ1n) is 4.89. The molecule has 0 saturated heterocycles. The molecular formula is C13H8IrNS2-. The monoisotopic (exact) mass is 435 g/mol. The zero-order valence-corrected chi connectivity index (χ0v) is 12.7. The van der Waals surface area contributed by atoms with Gasteiger partial charge >= 0.3 is 0 Å². The van der Waals surface area contributed by atoms with E-state index in [9.17, 15) is 0 Å². The van der Waals surface area contributed by atoms with E-state index in [2.05, 4.69) is 40.0 Å². The third-order valence-corrected chi connectivity index (χ3v) is 3.80. The Kier molecular flexibility index (Phi) is 4.24. The first-order chi connectivity index (χ1) is 7.95. The van der Waals surface area contributed by atoms with E-state index in [4.69, 9.17) is 0 Å². The van der Waals surface area contributed by atoms with Crippen molar-refractivity contribution in [3.8, 4) is 21.7 Å². The number of nitrogens with zero attached hydrogens (tertiary/aromatic N) is 1. The predicted octanol–water partition coefficient (Wildman–Crippen LogP) is 4.34. The van der Waals surface area contributed by atoms with E-state index in [0.29, 0.717) is 0 Å². The maximum atomic E-state index is 4.34. The summed E-state index contributed by atoms with van der Waals surface area (Å²) in [6.45, 7) is 0. The fourth-order valence-corrected chi connectivity index (χ4v) is 3.07. The number of thiophene rings is 1. The second kappa shape index (κ2) is 5.69. The molecule has 0 aliphatic carbocycles. The average Bonchev–Trinajstić information content (AvgIpc) is 3.01. The smallest absolute Gasteiger partial charge is 0.0407 e. The summed E-state index contributed by atoms with van der Waals surface area (Å²) in [7, 11) is 0. The van der Waals surface area contributed by atoms with Gasteiger partial charge < -0.3 is 0 Å². The van der Waals surface area contributed by atoms with Crippen LogP contribution in [0.3, 0.4) is 0 Å². The third-order valence-electron chi connectivity index (χ3n) is 2.34. The fourth-order valence-electron chi connectivity index (χ4n) is 1.60. The van der Waals surface area contributed by atoms with E-state index in [0.717, 1.165) is 10.6 Å². The van der Waals surface area contributed by atoms with Crippen molar-refractivity contribution in [3.05, 3.63) is 52.7 Å². The molecule has 0 N–H and O–H groups in total. The Bertz CT molecular complexity index is 573. The summed E-state index contributed by atoms with van der Waals surface area (Å²) in [4.78, 5) is 4.34. The van der Waals surface area contributed by atoms with Gasteiger partial charge in [-0.2, -0.15) is 11.3 Å². The molecule has 0 aliphatic rings. The molecule has 4 heteroatoms. The molecule has 0 saturated carbocycles. The number of hydrogen-bond acceptors (Lipinski definition) is 3. The average molecular weight is 435 g/mol. The van der Waals surface area contributed by atoms with Gasteiger partial charge in [0.2, 0.25) is 0 Å². The molecule has 0 atom stereocenters. The minimum atomic E-state index is 0. The van der Waals surface area contributed by atoms with E-state index in [1.165, 1.54) is 11.1 Å². The zero-order chi connectivity index (χ0) is 10.8. The summed E-state index contributed by atoms with van der Waals surface area (Å²) in [6, 6.07) is 10.4. The summed E-state index contributed by atoms with van der Waals surface area (Å²) >= 11 is 3.25. The number of aromatic nitrogens is 1. The van der Waals surface area contributed by atoms with Crippen molar-refractivity contribution in [1.82, 2.24) is 4.98 Å². The first kappa shape index (κ1) is 12.7. The van der Waals surface area contributed by atoms with Gasteiger partial charge in [0.1, 0.15) is 0 Å². The first-order valence-corrected chi connectivity index (χ1v) is 6.65. The molecule has 17 heavy (non-hydrogen) atoms. The summed E-state index contributed by atoms with van der Waals surface area (Å²) in [5.74, 6) is 0. The molecule has 0 fully saturated rings. The number of thiazole rings is 1. The van der Waals surface area contributed by atoms with Crippen molar-refractivity contribution >= 4 is 22.7 Å². The molecule has 2 aromatic heterocycles. The summed E-state index contributed by atoms with van der Waals surface area (Å²) in [5.41, 5.74) is 3.57. The Morgan fingerprint density at radius 3 is 2.65 bits per heavy atom. The molecule has 1 nitrogen and oxygen atoms in total. The summed E-state index contributed by atoms with van der Waals surface area (Å²) in [6.07, 6.45) is 1.83. The van der Waals surface area contributed by atoms with Gasteiger partial charge in [0.25, 0.3) is 0 Å². The van der Waals surface area contributed by atoms with Crippen molar-refractivity contribution in [1.29, 1.82) is 0 Å². The molecule has 0 bridgehead atoms. The van der Waals surface area contributed by atoms with E-state index in [1.807, 2.05) is 17.6 Å². The Morgan fingerprint density at radius 1 is 1.12 bits per heavy atom. The molecule has 2 heterocycles. The van der Waals surface area contributed by atoms with Crippen molar-refractivity contribution in [2.45, 2.75) is 0 Å². The van der Waals surface area contributed by atoms with Gasteiger partial charge in [0.15, 0.2) is 0 Å². The Labute approximate surface area is 122 Å². The normalized spacial score (nSPS) is 9.88. The SMILES string of the molecule is [Ir].[c-]1scc(-c2ccccc2)c1-c1nccs1. The minimum absolute atomic E-state index is 0. The van der Waals surface area contributed by atoms with Crippen molar-refractivity contribution in [2.24, 2.45) is 0 Å². The molecule has 0 unspecified atom stereocenters. The molecule has 87 valence electrons. The largest absolute Gasteiger partial charge is 0.293 e. The van der Waals surface area contributed by atoms with E-state index in [-0.39, 0.29) is 20.1 Å². The fraction of sp³-hybridized carbons (Fsp3) is 0. The van der Waals surface area contributed by atoms with Crippen LogP contribution in [0.25, 0.3) is 21.7 Å². The van der Waals surface area contributed by atoms with E-state index >= 15 is 0 Å². The molecule has 3 rings (SSSR count). The molecule has 3 aromatic rings.